The topological polar surface area (TPSA) is 58.6 Å². The molecule has 0 saturated carbocycles. The minimum Gasteiger partial charge on any atom is -0.492 e. The lowest BCUT2D eigenvalue weighted by Crippen LogP contribution is -2.32. The van der Waals surface area contributed by atoms with E-state index in [-0.39, 0.29) is 18.9 Å². The lowest BCUT2D eigenvalue weighted by atomic mass is 10.2. The number of ether oxygens (including phenoxy) is 1. The maximum Gasteiger partial charge on any atom is 0.226 e. The highest BCUT2D eigenvalue weighted by Gasteiger charge is 2.18. The summed E-state index contributed by atoms with van der Waals surface area (Å²) >= 11 is 0. The minimum absolute atomic E-state index is 0.0430. The van der Waals surface area contributed by atoms with Crippen LogP contribution in [0.4, 0.5) is 20.2 Å². The van der Waals surface area contributed by atoms with Gasteiger partial charge in [-0.25, -0.2) is 8.78 Å². The first-order valence-electron chi connectivity index (χ1n) is 8.17. The SMILES string of the molecule is CCOc1ccccc1N(CCC(=O)Nc1c(F)cccc1F)C(C)=O. The molecular formula is C19H20F2N2O3. The normalized spacial score (nSPS) is 10.3. The van der Waals surface area contributed by atoms with Gasteiger partial charge >= 0.3 is 0 Å². The fourth-order valence-electron chi connectivity index (χ4n) is 2.44. The molecule has 26 heavy (non-hydrogen) atoms. The molecule has 0 spiro atoms. The molecule has 1 N–H and O–H groups in total. The highest BCUT2D eigenvalue weighted by atomic mass is 19.1. The zero-order valence-electron chi connectivity index (χ0n) is 14.6. The van der Waals surface area contributed by atoms with Crippen molar-refractivity contribution in [2.24, 2.45) is 0 Å². The van der Waals surface area contributed by atoms with Gasteiger partial charge in [0.25, 0.3) is 0 Å². The Morgan fingerprint density at radius 1 is 1.08 bits per heavy atom. The Bertz CT molecular complexity index is 776. The number of nitrogens with one attached hydrogen (secondary N) is 1. The molecule has 0 aliphatic rings. The summed E-state index contributed by atoms with van der Waals surface area (Å²) in [6, 6.07) is 10.3. The van der Waals surface area contributed by atoms with Gasteiger partial charge in [0.05, 0.1) is 12.3 Å². The van der Waals surface area contributed by atoms with Gasteiger partial charge in [-0.1, -0.05) is 18.2 Å². The average Bonchev–Trinajstić information content (AvgIpc) is 2.60. The molecule has 0 aliphatic heterocycles. The van der Waals surface area contributed by atoms with E-state index in [9.17, 15) is 18.4 Å². The molecule has 2 aromatic carbocycles. The van der Waals surface area contributed by atoms with E-state index in [2.05, 4.69) is 5.32 Å². The number of hydrogen-bond acceptors (Lipinski definition) is 3. The second kappa shape index (κ2) is 8.94. The van der Waals surface area contributed by atoms with Crippen LogP contribution in [-0.4, -0.2) is 25.0 Å². The lowest BCUT2D eigenvalue weighted by Gasteiger charge is -2.23. The molecule has 2 rings (SSSR count). The van der Waals surface area contributed by atoms with Crippen LogP contribution in [0.2, 0.25) is 0 Å². The number of para-hydroxylation sites is 3. The summed E-state index contributed by atoms with van der Waals surface area (Å²) in [5, 5.41) is 2.21. The number of rotatable bonds is 7. The van der Waals surface area contributed by atoms with Gasteiger partial charge in [0.1, 0.15) is 23.1 Å². The molecule has 0 aromatic heterocycles. The summed E-state index contributed by atoms with van der Waals surface area (Å²) in [4.78, 5) is 25.5. The van der Waals surface area contributed by atoms with E-state index in [1.165, 1.54) is 17.9 Å². The number of carbonyl (C=O) groups is 2. The molecule has 5 nitrogen and oxygen atoms in total. The van der Waals surface area contributed by atoms with Crippen LogP contribution in [0.25, 0.3) is 0 Å². The van der Waals surface area contributed by atoms with Gasteiger partial charge in [0.15, 0.2) is 0 Å². The number of anilines is 2. The summed E-state index contributed by atoms with van der Waals surface area (Å²) in [5.41, 5.74) is 0.0355. The molecule has 0 atom stereocenters. The molecule has 0 fully saturated rings. The van der Waals surface area contributed by atoms with E-state index in [1.807, 2.05) is 6.92 Å². The van der Waals surface area contributed by atoms with Gasteiger partial charge in [0, 0.05) is 19.9 Å². The van der Waals surface area contributed by atoms with Crippen LogP contribution in [0.15, 0.2) is 42.5 Å². The molecular weight excluding hydrogens is 342 g/mol. The van der Waals surface area contributed by atoms with Crippen molar-refractivity contribution in [3.05, 3.63) is 54.1 Å². The fraction of sp³-hybridized carbons (Fsp3) is 0.263. The zero-order chi connectivity index (χ0) is 19.1. The standard InChI is InChI=1S/C19H20F2N2O3/c1-3-26-17-10-5-4-9-16(17)23(13(2)24)12-11-18(25)22-19-14(20)7-6-8-15(19)21/h4-10H,3,11-12H2,1-2H3,(H,22,25). The van der Waals surface area contributed by atoms with Crippen molar-refractivity contribution in [1.82, 2.24) is 0 Å². The van der Waals surface area contributed by atoms with Crippen molar-refractivity contribution in [3.8, 4) is 5.75 Å². The Labute approximate surface area is 150 Å². The number of halogens is 2. The summed E-state index contributed by atoms with van der Waals surface area (Å²) in [7, 11) is 0. The van der Waals surface area contributed by atoms with E-state index >= 15 is 0 Å². The number of carbonyl (C=O) groups excluding carboxylic acids is 2. The minimum atomic E-state index is -0.858. The van der Waals surface area contributed by atoms with Crippen LogP contribution in [0.3, 0.4) is 0 Å². The van der Waals surface area contributed by atoms with Gasteiger partial charge < -0.3 is 15.0 Å². The molecule has 7 heteroatoms. The third-order valence-corrected chi connectivity index (χ3v) is 3.63. The summed E-state index contributed by atoms with van der Waals surface area (Å²) in [5.74, 6) is -2.08. The lowest BCUT2D eigenvalue weighted by molar-refractivity contribution is -0.117. The van der Waals surface area contributed by atoms with E-state index in [0.29, 0.717) is 18.0 Å². The molecule has 2 amide bonds. The summed E-state index contributed by atoms with van der Waals surface area (Å²) in [6.07, 6.45) is -0.131. The monoisotopic (exact) mass is 362 g/mol. The third-order valence-electron chi connectivity index (χ3n) is 3.63. The highest BCUT2D eigenvalue weighted by Crippen LogP contribution is 2.28. The van der Waals surface area contributed by atoms with Crippen molar-refractivity contribution in [2.75, 3.05) is 23.4 Å². The van der Waals surface area contributed by atoms with Crippen LogP contribution < -0.4 is 15.0 Å². The summed E-state index contributed by atoms with van der Waals surface area (Å²) < 4.78 is 32.7. The molecule has 0 bridgehead atoms. The fourth-order valence-corrected chi connectivity index (χ4v) is 2.44. The smallest absolute Gasteiger partial charge is 0.226 e. The van der Waals surface area contributed by atoms with Crippen molar-refractivity contribution < 1.29 is 23.1 Å². The Balaban J connectivity index is 2.10. The van der Waals surface area contributed by atoms with Crippen molar-refractivity contribution in [1.29, 1.82) is 0 Å². The van der Waals surface area contributed by atoms with Crippen molar-refractivity contribution in [2.45, 2.75) is 20.3 Å². The molecule has 0 saturated heterocycles. The number of nitrogens with zero attached hydrogens (tertiary/aromatic N) is 1. The maximum absolute atomic E-state index is 13.6. The second-order valence-corrected chi connectivity index (χ2v) is 5.47. The highest BCUT2D eigenvalue weighted by molar-refractivity contribution is 5.95. The van der Waals surface area contributed by atoms with Crippen LogP contribution >= 0.6 is 0 Å². The maximum atomic E-state index is 13.6. The molecule has 0 heterocycles. The molecule has 0 aliphatic carbocycles. The largest absolute Gasteiger partial charge is 0.492 e. The van der Waals surface area contributed by atoms with Crippen molar-refractivity contribution >= 4 is 23.2 Å². The number of amides is 2. The van der Waals surface area contributed by atoms with Crippen molar-refractivity contribution in [3.63, 3.8) is 0 Å². The molecule has 138 valence electrons. The van der Waals surface area contributed by atoms with E-state index < -0.39 is 23.2 Å². The third kappa shape index (κ3) is 4.78. The Morgan fingerprint density at radius 2 is 1.73 bits per heavy atom. The first kappa shape index (κ1) is 19.4. The van der Waals surface area contributed by atoms with Gasteiger partial charge in [-0.2, -0.15) is 0 Å². The molecule has 2 aromatic rings. The predicted molar refractivity (Wildman–Crippen MR) is 95.2 cm³/mol. The van der Waals surface area contributed by atoms with Crippen LogP contribution in [0, 0.1) is 11.6 Å². The quantitative estimate of drug-likeness (QED) is 0.816. The average molecular weight is 362 g/mol. The van der Waals surface area contributed by atoms with E-state index in [1.54, 1.807) is 24.3 Å². The zero-order valence-corrected chi connectivity index (χ0v) is 14.6. The van der Waals surface area contributed by atoms with E-state index in [0.717, 1.165) is 12.1 Å². The Kier molecular flexibility index (Phi) is 6.66. The first-order valence-corrected chi connectivity index (χ1v) is 8.17. The van der Waals surface area contributed by atoms with Crippen LogP contribution in [-0.2, 0) is 9.59 Å². The molecule has 0 unspecified atom stereocenters. The number of benzene rings is 2. The van der Waals surface area contributed by atoms with Gasteiger partial charge in [0.2, 0.25) is 11.8 Å². The summed E-state index contributed by atoms with van der Waals surface area (Å²) in [6.45, 7) is 3.67. The second-order valence-electron chi connectivity index (χ2n) is 5.47. The Morgan fingerprint density at radius 3 is 2.35 bits per heavy atom. The van der Waals surface area contributed by atoms with E-state index in [4.69, 9.17) is 4.74 Å². The van der Waals surface area contributed by atoms with Crippen LogP contribution in [0.5, 0.6) is 5.75 Å². The first-order chi connectivity index (χ1) is 12.4. The van der Waals surface area contributed by atoms with Gasteiger partial charge in [-0.3, -0.25) is 9.59 Å². The van der Waals surface area contributed by atoms with Crippen LogP contribution in [0.1, 0.15) is 20.3 Å². The number of hydrogen-bond donors (Lipinski definition) is 1. The predicted octanol–water partition coefficient (Wildman–Crippen LogP) is 3.75. The van der Waals surface area contributed by atoms with Gasteiger partial charge in [-0.05, 0) is 31.2 Å². The van der Waals surface area contributed by atoms with Gasteiger partial charge in [-0.15, -0.1) is 0 Å². The Hall–Kier alpha value is -2.96. The molecule has 0 radical (unpaired) electrons.